The minimum absolute atomic E-state index is 0.125. The lowest BCUT2D eigenvalue weighted by molar-refractivity contribution is -0.156. The number of carbonyl (C=O) groups excluding carboxylic acids is 2. The van der Waals surface area contributed by atoms with Gasteiger partial charge in [-0.1, -0.05) is 28.1 Å². The summed E-state index contributed by atoms with van der Waals surface area (Å²) in [6.07, 6.45) is 4.17. The Morgan fingerprint density at radius 1 is 1.25 bits per heavy atom. The lowest BCUT2D eigenvalue weighted by atomic mass is 9.61. The van der Waals surface area contributed by atoms with E-state index in [4.69, 9.17) is 10.5 Å². The van der Waals surface area contributed by atoms with Gasteiger partial charge in [0.15, 0.2) is 0 Å². The maximum absolute atomic E-state index is 12.9. The molecule has 1 aromatic rings. The van der Waals surface area contributed by atoms with Crippen LogP contribution in [-0.4, -0.2) is 18.5 Å². The largest absolute Gasteiger partial charge is 0.466 e. The number of ether oxygens (including phenoxy) is 1. The first-order valence-corrected chi connectivity index (χ1v) is 9.50. The fourth-order valence-electron chi connectivity index (χ4n) is 5.91. The minimum atomic E-state index is -0.924. The van der Waals surface area contributed by atoms with Gasteiger partial charge in [0, 0.05) is 4.47 Å². The molecular weight excluding hydrogens is 370 g/mol. The van der Waals surface area contributed by atoms with Gasteiger partial charge in [0.2, 0.25) is 5.91 Å². The van der Waals surface area contributed by atoms with Crippen molar-refractivity contribution >= 4 is 27.8 Å². The van der Waals surface area contributed by atoms with Crippen LogP contribution in [0.15, 0.2) is 28.7 Å². The van der Waals surface area contributed by atoms with Crippen molar-refractivity contribution < 1.29 is 14.3 Å². The van der Waals surface area contributed by atoms with Gasteiger partial charge in [-0.15, -0.1) is 0 Å². The predicted molar refractivity (Wildman–Crippen MR) is 93.0 cm³/mol. The maximum Gasteiger partial charge on any atom is 0.310 e. The predicted octanol–water partition coefficient (Wildman–Crippen LogP) is 3.17. The van der Waals surface area contributed by atoms with Crippen LogP contribution in [0.25, 0.3) is 0 Å². The molecule has 1 spiro atoms. The van der Waals surface area contributed by atoms with E-state index in [9.17, 15) is 9.59 Å². The smallest absolute Gasteiger partial charge is 0.310 e. The van der Waals surface area contributed by atoms with Crippen LogP contribution in [0.1, 0.15) is 38.2 Å². The Hall–Kier alpha value is -1.36. The molecule has 4 atom stereocenters. The summed E-state index contributed by atoms with van der Waals surface area (Å²) in [6.45, 7) is 2.14. The van der Waals surface area contributed by atoms with E-state index >= 15 is 0 Å². The van der Waals surface area contributed by atoms with Crippen LogP contribution in [0.3, 0.4) is 0 Å². The van der Waals surface area contributed by atoms with Crippen LogP contribution in [0, 0.1) is 23.2 Å². The van der Waals surface area contributed by atoms with Crippen molar-refractivity contribution in [2.45, 2.75) is 38.0 Å². The lowest BCUT2D eigenvalue weighted by Crippen LogP contribution is -2.54. The molecule has 4 nitrogen and oxygen atoms in total. The summed E-state index contributed by atoms with van der Waals surface area (Å²) in [5.41, 5.74) is 6.07. The molecule has 3 aliphatic rings. The molecule has 5 heteroatoms. The Kier molecular flexibility index (Phi) is 3.57. The molecule has 3 aliphatic carbocycles. The van der Waals surface area contributed by atoms with Crippen molar-refractivity contribution in [3.05, 3.63) is 34.3 Å². The molecule has 4 rings (SSSR count). The monoisotopic (exact) mass is 391 g/mol. The molecule has 0 aromatic heterocycles. The number of halogens is 1. The van der Waals surface area contributed by atoms with Gasteiger partial charge < -0.3 is 10.5 Å². The molecule has 0 aliphatic heterocycles. The highest BCUT2D eigenvalue weighted by molar-refractivity contribution is 9.10. The van der Waals surface area contributed by atoms with E-state index in [2.05, 4.69) is 15.9 Å². The van der Waals surface area contributed by atoms with Crippen LogP contribution >= 0.6 is 15.9 Å². The third-order valence-electron chi connectivity index (χ3n) is 6.74. The third-order valence-corrected chi connectivity index (χ3v) is 7.27. The standard InChI is InChI=1S/C19H22BrNO3/c1-2-24-16(22)15-13-7-8-14(18(13)9-10-18)19(15,17(21)23)11-3-5-12(20)6-4-11/h3-6,13-15H,2,7-10H2,1H3,(H2,21,23)/t13-,14+,15+,19-/m1/s1. The molecule has 0 saturated heterocycles. The van der Waals surface area contributed by atoms with Crippen molar-refractivity contribution in [3.63, 3.8) is 0 Å². The van der Waals surface area contributed by atoms with Gasteiger partial charge >= 0.3 is 5.97 Å². The molecule has 0 heterocycles. The average molecular weight is 392 g/mol. The number of benzene rings is 1. The highest BCUT2D eigenvalue weighted by Gasteiger charge is 2.78. The summed E-state index contributed by atoms with van der Waals surface area (Å²) in [5, 5.41) is 0. The second kappa shape index (κ2) is 5.32. The van der Waals surface area contributed by atoms with Crippen molar-refractivity contribution in [1.82, 2.24) is 0 Å². The minimum Gasteiger partial charge on any atom is -0.466 e. The number of hydrogen-bond acceptors (Lipinski definition) is 3. The first-order chi connectivity index (χ1) is 11.5. The normalized spacial score (nSPS) is 35.2. The maximum atomic E-state index is 12.9. The van der Waals surface area contributed by atoms with Crippen LogP contribution in [0.4, 0.5) is 0 Å². The zero-order chi connectivity index (χ0) is 17.1. The molecule has 1 aromatic carbocycles. The third kappa shape index (κ3) is 1.85. The highest BCUT2D eigenvalue weighted by atomic mass is 79.9. The zero-order valence-electron chi connectivity index (χ0n) is 13.8. The van der Waals surface area contributed by atoms with E-state index < -0.39 is 11.3 Å². The van der Waals surface area contributed by atoms with Gasteiger partial charge in [-0.2, -0.15) is 0 Å². The van der Waals surface area contributed by atoms with Gasteiger partial charge in [-0.25, -0.2) is 0 Å². The van der Waals surface area contributed by atoms with E-state index in [-0.39, 0.29) is 29.1 Å². The summed E-state index contributed by atoms with van der Waals surface area (Å²) >= 11 is 3.45. The molecule has 0 radical (unpaired) electrons. The van der Waals surface area contributed by atoms with Crippen molar-refractivity contribution in [1.29, 1.82) is 0 Å². The van der Waals surface area contributed by atoms with Crippen molar-refractivity contribution in [2.24, 2.45) is 28.9 Å². The first-order valence-electron chi connectivity index (χ1n) is 8.71. The highest BCUT2D eigenvalue weighted by Crippen LogP contribution is 2.78. The van der Waals surface area contributed by atoms with Crippen LogP contribution in [0.2, 0.25) is 0 Å². The van der Waals surface area contributed by atoms with E-state index in [1.54, 1.807) is 0 Å². The summed E-state index contributed by atoms with van der Waals surface area (Å²) in [7, 11) is 0. The SMILES string of the molecule is CCOC(=O)[C@@H]1[C@H]2CC[C@@H](C23CC3)[C@]1(C(N)=O)c1ccc(Br)cc1. The number of amides is 1. The summed E-state index contributed by atoms with van der Waals surface area (Å²) in [4.78, 5) is 25.7. The Morgan fingerprint density at radius 2 is 1.92 bits per heavy atom. The second-order valence-corrected chi connectivity index (χ2v) is 8.36. The molecule has 128 valence electrons. The molecule has 1 amide bonds. The molecule has 24 heavy (non-hydrogen) atoms. The van der Waals surface area contributed by atoms with Crippen LogP contribution in [0.5, 0.6) is 0 Å². The molecule has 2 N–H and O–H groups in total. The molecule has 3 saturated carbocycles. The number of esters is 1. The van der Waals surface area contributed by atoms with Gasteiger partial charge in [0.05, 0.1) is 17.9 Å². The van der Waals surface area contributed by atoms with E-state index in [0.717, 1.165) is 35.7 Å². The van der Waals surface area contributed by atoms with Crippen molar-refractivity contribution in [3.8, 4) is 0 Å². The summed E-state index contributed by atoms with van der Waals surface area (Å²) in [6, 6.07) is 7.73. The lowest BCUT2D eigenvalue weighted by Gasteiger charge is -2.40. The van der Waals surface area contributed by atoms with Crippen LogP contribution < -0.4 is 5.73 Å². The van der Waals surface area contributed by atoms with Gasteiger partial charge in [0.1, 0.15) is 0 Å². The molecule has 0 unspecified atom stereocenters. The number of carbonyl (C=O) groups is 2. The van der Waals surface area contributed by atoms with Gasteiger partial charge in [-0.3, -0.25) is 9.59 Å². The second-order valence-electron chi connectivity index (χ2n) is 7.44. The number of nitrogens with two attached hydrogens (primary N) is 1. The molecular formula is C19H22BrNO3. The fraction of sp³-hybridized carbons (Fsp3) is 0.579. The zero-order valence-corrected chi connectivity index (χ0v) is 15.3. The van der Waals surface area contributed by atoms with E-state index in [0.29, 0.717) is 6.61 Å². The van der Waals surface area contributed by atoms with Crippen molar-refractivity contribution in [2.75, 3.05) is 6.61 Å². The average Bonchev–Trinajstić information content (AvgIpc) is 3.21. The topological polar surface area (TPSA) is 69.4 Å². The van der Waals surface area contributed by atoms with E-state index in [1.807, 2.05) is 31.2 Å². The molecule has 3 fully saturated rings. The van der Waals surface area contributed by atoms with Crippen LogP contribution in [-0.2, 0) is 19.7 Å². The Labute approximate surface area is 150 Å². The number of hydrogen-bond donors (Lipinski definition) is 1. The first kappa shape index (κ1) is 16.1. The van der Waals surface area contributed by atoms with Gasteiger partial charge in [0.25, 0.3) is 0 Å². The Bertz CT molecular complexity index is 697. The number of rotatable bonds is 4. The fourth-order valence-corrected chi connectivity index (χ4v) is 6.18. The Morgan fingerprint density at radius 3 is 2.46 bits per heavy atom. The van der Waals surface area contributed by atoms with Gasteiger partial charge in [-0.05, 0) is 67.6 Å². The summed E-state index contributed by atoms with van der Waals surface area (Å²) in [5.74, 6) is -0.697. The Balaban J connectivity index is 1.90. The quantitative estimate of drug-likeness (QED) is 0.801. The molecule has 2 bridgehead atoms. The summed E-state index contributed by atoms with van der Waals surface area (Å²) < 4.78 is 6.34. The van der Waals surface area contributed by atoms with E-state index in [1.165, 1.54) is 0 Å². The number of primary amides is 1.